The molecule has 0 radical (unpaired) electrons. The first-order chi connectivity index (χ1) is 9.10. The fourth-order valence-corrected chi connectivity index (χ4v) is 2.68. The van der Waals surface area contributed by atoms with Gasteiger partial charge >= 0.3 is 0 Å². The monoisotopic (exact) mass is 298 g/mol. The third kappa shape index (κ3) is 3.81. The van der Waals surface area contributed by atoms with Crippen molar-refractivity contribution in [1.82, 2.24) is 4.90 Å². The standard InChI is InChI=1S/C14H19ClN2OS/c1-2-17(5-3-13(16)19)9-11-8-12(15)7-10-4-6-18-14(10)11/h7-8H,2-6,9H2,1H3,(H2,16,19). The quantitative estimate of drug-likeness (QED) is 0.820. The predicted molar refractivity (Wildman–Crippen MR) is 83.0 cm³/mol. The molecule has 1 aromatic carbocycles. The molecule has 3 nitrogen and oxygen atoms in total. The summed E-state index contributed by atoms with van der Waals surface area (Å²) in [5, 5.41) is 0.782. The van der Waals surface area contributed by atoms with Gasteiger partial charge < -0.3 is 10.5 Å². The van der Waals surface area contributed by atoms with E-state index in [2.05, 4.69) is 11.8 Å². The number of thiocarbonyl (C=S) groups is 1. The van der Waals surface area contributed by atoms with E-state index in [9.17, 15) is 0 Å². The highest BCUT2D eigenvalue weighted by Gasteiger charge is 2.18. The molecule has 0 bridgehead atoms. The summed E-state index contributed by atoms with van der Waals surface area (Å²) in [5.74, 6) is 1.01. The Hall–Kier alpha value is -0.840. The number of halogens is 1. The summed E-state index contributed by atoms with van der Waals surface area (Å²) in [5.41, 5.74) is 7.93. The average molecular weight is 299 g/mol. The van der Waals surface area contributed by atoms with E-state index in [4.69, 9.17) is 34.3 Å². The number of rotatable bonds is 6. The van der Waals surface area contributed by atoms with Gasteiger partial charge in [-0.3, -0.25) is 4.90 Å². The maximum atomic E-state index is 6.17. The van der Waals surface area contributed by atoms with Gasteiger partial charge in [-0.15, -0.1) is 0 Å². The molecule has 104 valence electrons. The van der Waals surface area contributed by atoms with E-state index < -0.39 is 0 Å². The fourth-order valence-electron chi connectivity index (χ4n) is 2.32. The van der Waals surface area contributed by atoms with E-state index in [1.807, 2.05) is 12.1 Å². The highest BCUT2D eigenvalue weighted by atomic mass is 35.5. The van der Waals surface area contributed by atoms with Crippen LogP contribution in [0.2, 0.25) is 5.02 Å². The topological polar surface area (TPSA) is 38.5 Å². The van der Waals surface area contributed by atoms with Crippen LogP contribution in [0.4, 0.5) is 0 Å². The van der Waals surface area contributed by atoms with Gasteiger partial charge in [0.15, 0.2) is 0 Å². The maximum Gasteiger partial charge on any atom is 0.127 e. The van der Waals surface area contributed by atoms with E-state index in [-0.39, 0.29) is 0 Å². The smallest absolute Gasteiger partial charge is 0.127 e. The van der Waals surface area contributed by atoms with E-state index in [0.717, 1.165) is 55.4 Å². The van der Waals surface area contributed by atoms with Gasteiger partial charge in [-0.1, -0.05) is 30.7 Å². The lowest BCUT2D eigenvalue weighted by Crippen LogP contribution is -2.27. The molecule has 0 amide bonds. The molecule has 1 aromatic rings. The lowest BCUT2D eigenvalue weighted by atomic mass is 10.1. The Balaban J connectivity index is 2.11. The Morgan fingerprint density at radius 1 is 1.53 bits per heavy atom. The van der Waals surface area contributed by atoms with Crippen molar-refractivity contribution in [2.45, 2.75) is 26.3 Å². The summed E-state index contributed by atoms with van der Waals surface area (Å²) in [6.45, 7) is 5.52. The van der Waals surface area contributed by atoms with Crippen LogP contribution in [0.1, 0.15) is 24.5 Å². The van der Waals surface area contributed by atoms with Crippen LogP contribution < -0.4 is 10.5 Å². The molecule has 1 aliphatic rings. The number of nitrogens with zero attached hydrogens (tertiary/aromatic N) is 1. The van der Waals surface area contributed by atoms with Gasteiger partial charge in [-0.25, -0.2) is 0 Å². The average Bonchev–Trinajstić information content (AvgIpc) is 2.81. The highest BCUT2D eigenvalue weighted by molar-refractivity contribution is 7.80. The fraction of sp³-hybridized carbons (Fsp3) is 0.500. The van der Waals surface area contributed by atoms with Crippen LogP contribution in [0, 0.1) is 0 Å². The summed E-state index contributed by atoms with van der Waals surface area (Å²) < 4.78 is 5.72. The number of benzene rings is 1. The number of fused-ring (bicyclic) bond motifs is 1. The minimum atomic E-state index is 0.561. The second kappa shape index (κ2) is 6.55. The van der Waals surface area contributed by atoms with Crippen molar-refractivity contribution in [2.75, 3.05) is 19.7 Å². The van der Waals surface area contributed by atoms with E-state index in [1.165, 1.54) is 5.56 Å². The Labute approximate surface area is 124 Å². The number of hydrogen-bond donors (Lipinski definition) is 1. The van der Waals surface area contributed by atoms with Gasteiger partial charge in [0.1, 0.15) is 5.75 Å². The van der Waals surface area contributed by atoms with Gasteiger partial charge in [-0.2, -0.15) is 0 Å². The first-order valence-corrected chi connectivity index (χ1v) is 7.33. The number of hydrogen-bond acceptors (Lipinski definition) is 3. The Morgan fingerprint density at radius 2 is 2.32 bits per heavy atom. The first kappa shape index (κ1) is 14.6. The minimum absolute atomic E-state index is 0.561. The van der Waals surface area contributed by atoms with Gasteiger partial charge in [0.05, 0.1) is 11.6 Å². The van der Waals surface area contributed by atoms with Crippen molar-refractivity contribution in [3.63, 3.8) is 0 Å². The van der Waals surface area contributed by atoms with E-state index in [1.54, 1.807) is 0 Å². The predicted octanol–water partition coefficient (Wildman–Crippen LogP) is 2.77. The van der Waals surface area contributed by atoms with Crippen LogP contribution in [0.25, 0.3) is 0 Å². The van der Waals surface area contributed by atoms with Crippen molar-refractivity contribution >= 4 is 28.8 Å². The third-order valence-corrected chi connectivity index (χ3v) is 3.76. The summed E-state index contributed by atoms with van der Waals surface area (Å²) >= 11 is 11.1. The second-order valence-electron chi connectivity index (χ2n) is 4.74. The zero-order valence-corrected chi connectivity index (χ0v) is 12.7. The minimum Gasteiger partial charge on any atom is -0.493 e. The van der Waals surface area contributed by atoms with Crippen molar-refractivity contribution < 1.29 is 4.74 Å². The summed E-state index contributed by atoms with van der Waals surface area (Å²) in [6.07, 6.45) is 1.69. The zero-order chi connectivity index (χ0) is 13.8. The molecule has 19 heavy (non-hydrogen) atoms. The van der Waals surface area contributed by atoms with Crippen LogP contribution in [0.5, 0.6) is 5.75 Å². The Morgan fingerprint density at radius 3 is 3.00 bits per heavy atom. The number of nitrogens with two attached hydrogens (primary N) is 1. The van der Waals surface area contributed by atoms with Crippen LogP contribution >= 0.6 is 23.8 Å². The Bertz CT molecular complexity index is 479. The normalized spacial score (nSPS) is 13.4. The van der Waals surface area contributed by atoms with Crippen LogP contribution in [-0.2, 0) is 13.0 Å². The molecule has 0 atom stereocenters. The largest absolute Gasteiger partial charge is 0.493 e. The third-order valence-electron chi connectivity index (χ3n) is 3.34. The molecule has 2 rings (SSSR count). The Kier molecular flexibility index (Phi) is 5.02. The first-order valence-electron chi connectivity index (χ1n) is 6.55. The molecule has 0 fully saturated rings. The van der Waals surface area contributed by atoms with Crippen molar-refractivity contribution in [3.05, 3.63) is 28.3 Å². The SMILES string of the molecule is CCN(CCC(N)=S)Cc1cc(Cl)cc2c1OCC2. The van der Waals surface area contributed by atoms with Gasteiger partial charge in [0, 0.05) is 36.5 Å². The molecule has 0 unspecified atom stereocenters. The molecular formula is C14H19ClN2OS. The molecule has 2 N–H and O–H groups in total. The van der Waals surface area contributed by atoms with Crippen LogP contribution in [0.15, 0.2) is 12.1 Å². The van der Waals surface area contributed by atoms with Gasteiger partial charge in [0.2, 0.25) is 0 Å². The van der Waals surface area contributed by atoms with Crippen molar-refractivity contribution in [2.24, 2.45) is 5.73 Å². The van der Waals surface area contributed by atoms with E-state index >= 15 is 0 Å². The molecule has 1 aliphatic heterocycles. The van der Waals surface area contributed by atoms with Crippen LogP contribution in [-0.4, -0.2) is 29.6 Å². The summed E-state index contributed by atoms with van der Waals surface area (Å²) in [7, 11) is 0. The lowest BCUT2D eigenvalue weighted by molar-refractivity contribution is 0.280. The molecule has 0 spiro atoms. The maximum absolute atomic E-state index is 6.17. The molecule has 1 heterocycles. The van der Waals surface area contributed by atoms with Gasteiger partial charge in [-0.05, 0) is 24.2 Å². The summed E-state index contributed by atoms with van der Waals surface area (Å²) in [4.78, 5) is 2.86. The zero-order valence-electron chi connectivity index (χ0n) is 11.1. The number of ether oxygens (including phenoxy) is 1. The highest BCUT2D eigenvalue weighted by Crippen LogP contribution is 2.33. The van der Waals surface area contributed by atoms with Crippen molar-refractivity contribution in [3.8, 4) is 5.75 Å². The van der Waals surface area contributed by atoms with Crippen LogP contribution in [0.3, 0.4) is 0 Å². The molecule has 0 saturated carbocycles. The van der Waals surface area contributed by atoms with E-state index in [0.29, 0.717) is 4.99 Å². The molecule has 0 aliphatic carbocycles. The van der Waals surface area contributed by atoms with Crippen molar-refractivity contribution in [1.29, 1.82) is 0 Å². The molecule has 0 aromatic heterocycles. The second-order valence-corrected chi connectivity index (χ2v) is 5.70. The lowest BCUT2D eigenvalue weighted by Gasteiger charge is -2.21. The summed E-state index contributed by atoms with van der Waals surface area (Å²) in [6, 6.07) is 3.99. The van der Waals surface area contributed by atoms with Gasteiger partial charge in [0.25, 0.3) is 0 Å². The molecular weight excluding hydrogens is 280 g/mol. The molecule has 5 heteroatoms. The molecule has 0 saturated heterocycles.